The van der Waals surface area contributed by atoms with Crippen molar-refractivity contribution in [2.75, 3.05) is 85.2 Å². The van der Waals surface area contributed by atoms with Crippen molar-refractivity contribution >= 4 is 46.2 Å². The zero-order chi connectivity index (χ0) is 54.9. The predicted molar refractivity (Wildman–Crippen MR) is 293 cm³/mol. The molecule has 4 amide bonds. The number of nitrogens with one attached hydrogen (secondary N) is 1. The van der Waals surface area contributed by atoms with Crippen LogP contribution in [0.5, 0.6) is 0 Å². The third kappa shape index (κ3) is 16.0. The number of amides is 4. The maximum atomic E-state index is 13.7. The van der Waals surface area contributed by atoms with Crippen LogP contribution in [-0.2, 0) is 57.8 Å². The smallest absolute Gasteiger partial charge is 0.305 e. The van der Waals surface area contributed by atoms with Crippen LogP contribution >= 0.6 is 0 Å². The Balaban J connectivity index is 0.00000585. The molecule has 2 saturated heterocycles. The molecule has 3 aromatic rings. The van der Waals surface area contributed by atoms with Crippen LogP contribution in [0.3, 0.4) is 0 Å². The second kappa shape index (κ2) is 28.4. The average molecular weight is 1030 g/mol. The van der Waals surface area contributed by atoms with E-state index in [2.05, 4.69) is 76.6 Å². The highest BCUT2D eigenvalue weighted by Gasteiger charge is 2.37. The monoisotopic (exact) mass is 1030 g/mol. The molecule has 5 rings (SSSR count). The number of aryl methyl sites for hydroxylation is 1. The molecule has 0 aliphatic carbocycles. The molecule has 74 heavy (non-hydrogen) atoms. The lowest BCUT2D eigenvalue weighted by atomic mass is 9.84. The first-order chi connectivity index (χ1) is 35.1. The number of morpholine rings is 1. The van der Waals surface area contributed by atoms with Crippen LogP contribution in [0.15, 0.2) is 36.5 Å². The Morgan fingerprint density at radius 3 is 2.27 bits per heavy atom. The molecule has 1 unspecified atom stereocenters. The maximum Gasteiger partial charge on any atom is 0.305 e. The van der Waals surface area contributed by atoms with Crippen LogP contribution in [-0.4, -0.2) is 157 Å². The van der Waals surface area contributed by atoms with E-state index in [9.17, 15) is 24.0 Å². The molecule has 2 aliphatic heterocycles. The van der Waals surface area contributed by atoms with Crippen molar-refractivity contribution < 1.29 is 38.2 Å². The van der Waals surface area contributed by atoms with Crippen LogP contribution in [0.1, 0.15) is 120 Å². The summed E-state index contributed by atoms with van der Waals surface area (Å²) in [7, 11) is 5.25. The maximum absolute atomic E-state index is 13.7. The fourth-order valence-electron chi connectivity index (χ4n) is 9.76. The topological polar surface area (TPSA) is 185 Å². The quantitative estimate of drug-likeness (QED) is 0.0272. The first-order valence-electron chi connectivity index (χ1n) is 26.9. The molecule has 2 aromatic heterocycles. The minimum Gasteiger partial charge on any atom is -0.465 e. The van der Waals surface area contributed by atoms with Crippen LogP contribution in [0.2, 0.25) is 0 Å². The summed E-state index contributed by atoms with van der Waals surface area (Å²) in [6.45, 7) is 27.7. The molecule has 2 fully saturated rings. The number of carbonyl (C=O) groups excluding carboxylic acids is 5. The number of hydrogen-bond acceptors (Lipinski definition) is 12. The molecule has 1 aromatic carbocycles. The summed E-state index contributed by atoms with van der Waals surface area (Å²) in [4.78, 5) is 79.2. The summed E-state index contributed by atoms with van der Waals surface area (Å²) in [6, 6.07) is 8.95. The molecular weight excluding hydrogens is 939 g/mol. The summed E-state index contributed by atoms with van der Waals surface area (Å²) < 4.78 is 19.5. The molecule has 0 spiro atoms. The lowest BCUT2D eigenvalue weighted by molar-refractivity contribution is -0.146. The molecule has 0 saturated carbocycles. The number of carbonyl (C=O) groups is 5. The standard InChI is InChI=1S/C55H83N9O8.C2H6/c1-13-59(10)55(8,9)25-22-47(65)62-28-23-40(24-29-62)53(69)60(11)49(38(3)4)51(67)58-39(5)52(68)64(56)27-16-15-19-48(66)72-37-54(6,7)35-44-43-34-41(61-30-32-71-33-31-61)20-21-46(43)63(14-2)50(44)42-18-17-26-57-45(42)36-70-12;1-2/h17-18,20-21,26,34,38-40,49H,13-16,19,23-24,27-33,35-37,56H2,1-12H3,(H,58,67);1-2H3/t39-,49?;/m1./s1. The van der Waals surface area contributed by atoms with Gasteiger partial charge in [-0.1, -0.05) is 54.4 Å². The van der Waals surface area contributed by atoms with Crippen LogP contribution in [0.25, 0.3) is 22.2 Å². The van der Waals surface area contributed by atoms with Crippen molar-refractivity contribution in [3.8, 4) is 23.1 Å². The Labute approximate surface area is 442 Å². The van der Waals surface area contributed by atoms with Gasteiger partial charge >= 0.3 is 5.97 Å². The number of aromatic nitrogens is 2. The van der Waals surface area contributed by atoms with Gasteiger partial charge in [0, 0.05) is 99.5 Å². The van der Waals surface area contributed by atoms with E-state index in [0.717, 1.165) is 70.3 Å². The van der Waals surface area contributed by atoms with Gasteiger partial charge < -0.3 is 38.8 Å². The number of likely N-dealkylation sites (tertiary alicyclic amines) is 1. The normalized spacial score (nSPS) is 15.2. The third-order valence-electron chi connectivity index (χ3n) is 14.3. The van der Waals surface area contributed by atoms with E-state index in [-0.39, 0.29) is 49.2 Å². The number of piperidine rings is 1. The number of methoxy groups -OCH3 is 1. The number of nitrogens with zero attached hydrogens (tertiary/aromatic N) is 7. The number of pyridine rings is 1. The van der Waals surface area contributed by atoms with Gasteiger partial charge in [-0.15, -0.1) is 0 Å². The van der Waals surface area contributed by atoms with Crippen molar-refractivity contribution in [2.24, 2.45) is 23.1 Å². The molecule has 17 heteroatoms. The SMILES string of the molecule is CC.CCN(C)C(C)(C)C#CC(=O)N1CCC(C(=O)N(C)C(C(=O)N[C@H](C)C(=O)N(N)CCCCC(=O)OCC(C)(C)Cc2c(-c3cccnc3COC)n(CC)c3ccc(N4CCOCC4)cc23)C(C)C)CC1. The number of rotatable bonds is 22. The van der Waals surface area contributed by atoms with Gasteiger partial charge in [0.15, 0.2) is 0 Å². The second-order valence-electron chi connectivity index (χ2n) is 21.1. The number of benzene rings is 1. The summed E-state index contributed by atoms with van der Waals surface area (Å²) >= 11 is 0. The lowest BCUT2D eigenvalue weighted by Gasteiger charge is -2.36. The second-order valence-corrected chi connectivity index (χ2v) is 21.1. The fourth-order valence-corrected chi connectivity index (χ4v) is 9.76. The average Bonchev–Trinajstić information content (AvgIpc) is 3.69. The van der Waals surface area contributed by atoms with Crippen molar-refractivity contribution in [3.63, 3.8) is 0 Å². The molecule has 0 bridgehead atoms. The third-order valence-corrected chi connectivity index (χ3v) is 14.3. The Morgan fingerprint density at radius 1 is 0.973 bits per heavy atom. The van der Waals surface area contributed by atoms with E-state index in [1.54, 1.807) is 32.2 Å². The molecule has 17 nitrogen and oxygen atoms in total. The molecule has 0 radical (unpaired) electrons. The highest BCUT2D eigenvalue weighted by atomic mass is 16.5. The number of hydrogen-bond donors (Lipinski definition) is 2. The Bertz CT molecular complexity index is 2410. The van der Waals surface area contributed by atoms with Gasteiger partial charge in [0.05, 0.1) is 43.4 Å². The molecule has 3 N–H and O–H groups in total. The van der Waals surface area contributed by atoms with E-state index >= 15 is 0 Å². The molecule has 410 valence electrons. The minimum atomic E-state index is -0.959. The number of fused-ring (bicyclic) bond motifs is 1. The number of nitrogens with two attached hydrogens (primary N) is 1. The van der Waals surface area contributed by atoms with Gasteiger partial charge in [-0.25, -0.2) is 5.84 Å². The van der Waals surface area contributed by atoms with E-state index in [4.69, 9.17) is 25.0 Å². The van der Waals surface area contributed by atoms with E-state index in [1.165, 1.54) is 4.90 Å². The largest absolute Gasteiger partial charge is 0.465 e. The highest BCUT2D eigenvalue weighted by Crippen LogP contribution is 2.41. The van der Waals surface area contributed by atoms with E-state index in [1.807, 2.05) is 61.6 Å². The van der Waals surface area contributed by atoms with Crippen molar-refractivity contribution in [3.05, 3.63) is 47.8 Å². The van der Waals surface area contributed by atoms with Crippen LogP contribution in [0.4, 0.5) is 5.69 Å². The summed E-state index contributed by atoms with van der Waals surface area (Å²) in [5.74, 6) is 9.76. The first kappa shape index (κ1) is 61.0. The number of unbranched alkanes of at least 4 members (excludes halogenated alkanes) is 1. The molecular formula is C57H89N9O8. The van der Waals surface area contributed by atoms with Gasteiger partial charge in [0.2, 0.25) is 11.8 Å². The number of ether oxygens (including phenoxy) is 3. The predicted octanol–water partition coefficient (Wildman–Crippen LogP) is 6.68. The number of esters is 1. The van der Waals surface area contributed by atoms with Gasteiger partial charge in [0.1, 0.15) is 12.1 Å². The number of hydrazine groups is 1. The van der Waals surface area contributed by atoms with Crippen molar-refractivity contribution in [1.82, 2.24) is 34.6 Å². The van der Waals surface area contributed by atoms with Gasteiger partial charge in [-0.3, -0.25) is 38.9 Å². The van der Waals surface area contributed by atoms with Crippen LogP contribution in [0, 0.1) is 29.1 Å². The summed E-state index contributed by atoms with van der Waals surface area (Å²) in [5, 5.41) is 5.00. The van der Waals surface area contributed by atoms with Gasteiger partial charge in [-0.2, -0.15) is 0 Å². The molecule has 2 atom stereocenters. The number of likely N-dealkylation sites (N-methyl/N-ethyl adjacent to an activating group) is 1. The van der Waals surface area contributed by atoms with E-state index < -0.39 is 34.9 Å². The van der Waals surface area contributed by atoms with Gasteiger partial charge in [-0.05, 0) is 121 Å². The highest BCUT2D eigenvalue weighted by molar-refractivity contribution is 5.96. The molecule has 4 heterocycles. The zero-order valence-electron chi connectivity index (χ0n) is 47.3. The fraction of sp³-hybridized carbons (Fsp3) is 0.649. The van der Waals surface area contributed by atoms with Crippen LogP contribution < -0.4 is 16.1 Å². The number of anilines is 1. The molecule has 2 aliphatic rings. The summed E-state index contributed by atoms with van der Waals surface area (Å²) in [5.41, 5.74) is 5.50. The first-order valence-corrected chi connectivity index (χ1v) is 26.9. The Hall–Kier alpha value is -5.54. The van der Waals surface area contributed by atoms with Crippen molar-refractivity contribution in [1.29, 1.82) is 0 Å². The minimum absolute atomic E-state index is 0.152. The summed E-state index contributed by atoms with van der Waals surface area (Å²) in [6.07, 6.45) is 4.38. The lowest BCUT2D eigenvalue weighted by Crippen LogP contribution is -2.57. The van der Waals surface area contributed by atoms with E-state index in [0.29, 0.717) is 65.0 Å². The Kier molecular flexibility index (Phi) is 23.4. The van der Waals surface area contributed by atoms with Gasteiger partial charge in [0.25, 0.3) is 11.8 Å². The zero-order valence-corrected chi connectivity index (χ0v) is 47.3. The van der Waals surface area contributed by atoms with Crippen molar-refractivity contribution in [2.45, 2.75) is 145 Å². The Morgan fingerprint density at radius 2 is 1.65 bits per heavy atom.